The summed E-state index contributed by atoms with van der Waals surface area (Å²) in [6.07, 6.45) is 3.22. The number of aryl methyl sites for hydroxylation is 2. The Morgan fingerprint density at radius 2 is 1.63 bits per heavy atom. The zero-order chi connectivity index (χ0) is 27.2. The van der Waals surface area contributed by atoms with Crippen molar-refractivity contribution in [2.75, 3.05) is 10.6 Å². The van der Waals surface area contributed by atoms with Gasteiger partial charge >= 0.3 is 12.0 Å². The number of hydrogen-bond acceptors (Lipinski definition) is 5. The molecule has 38 heavy (non-hydrogen) atoms. The largest absolute Gasteiger partial charge is 0.481 e. The average molecular weight is 552 g/mol. The van der Waals surface area contributed by atoms with Crippen molar-refractivity contribution in [3.05, 3.63) is 93.0 Å². The highest BCUT2D eigenvalue weighted by atomic mass is 35.5. The van der Waals surface area contributed by atoms with Crippen LogP contribution in [0.5, 0.6) is 0 Å². The van der Waals surface area contributed by atoms with E-state index in [9.17, 15) is 14.4 Å². The smallest absolute Gasteiger partial charge is 0.323 e. The van der Waals surface area contributed by atoms with Crippen LogP contribution < -0.4 is 16.2 Å². The third-order valence-electron chi connectivity index (χ3n) is 5.69. The summed E-state index contributed by atoms with van der Waals surface area (Å²) in [6.45, 7) is 2.07. The Hall–Kier alpha value is -4.21. The van der Waals surface area contributed by atoms with E-state index in [1.54, 1.807) is 6.92 Å². The van der Waals surface area contributed by atoms with Crippen molar-refractivity contribution in [2.24, 2.45) is 0 Å². The molecule has 4 rings (SSSR count). The number of rotatable bonds is 8. The number of carbonyl (C=O) groups is 2. The minimum atomic E-state index is -0.834. The number of nitrogens with one attached hydrogen (secondary N) is 2. The Labute approximate surface area is 228 Å². The number of aliphatic carboxylic acids is 1. The van der Waals surface area contributed by atoms with Gasteiger partial charge in [0.15, 0.2) is 0 Å². The van der Waals surface area contributed by atoms with Crippen LogP contribution in [0.2, 0.25) is 10.0 Å². The first-order valence-corrected chi connectivity index (χ1v) is 12.4. The van der Waals surface area contributed by atoms with Crippen molar-refractivity contribution >= 4 is 46.6 Å². The molecule has 0 saturated carbocycles. The van der Waals surface area contributed by atoms with Gasteiger partial charge in [0.05, 0.1) is 21.4 Å². The standard InChI is InChI=1S/C27H23Cl2N5O4/c1-2-34-26(37)23(31-27(38)32-25-20(28)14-30-15-21(25)29)13-22(33-34)19-5-3-4-18(12-19)17-9-6-16(7-10-17)8-11-24(35)36/h3-7,9-10,12-15H,2,8,11H2,1H3,(H,35,36)(H2,30,31,32,38). The van der Waals surface area contributed by atoms with Crippen LogP contribution in [-0.4, -0.2) is 31.9 Å². The van der Waals surface area contributed by atoms with Gasteiger partial charge in [-0.25, -0.2) is 9.48 Å². The Bertz CT molecular complexity index is 1530. The molecular weight excluding hydrogens is 529 g/mol. The van der Waals surface area contributed by atoms with Crippen LogP contribution in [0.1, 0.15) is 18.9 Å². The first kappa shape index (κ1) is 26.8. The van der Waals surface area contributed by atoms with Crippen LogP contribution in [0.25, 0.3) is 22.4 Å². The van der Waals surface area contributed by atoms with Crippen LogP contribution >= 0.6 is 23.2 Å². The highest BCUT2D eigenvalue weighted by Crippen LogP contribution is 2.29. The van der Waals surface area contributed by atoms with Crippen molar-refractivity contribution in [2.45, 2.75) is 26.3 Å². The third-order valence-corrected chi connectivity index (χ3v) is 6.26. The molecule has 0 radical (unpaired) electrons. The summed E-state index contributed by atoms with van der Waals surface area (Å²) >= 11 is 12.1. The monoisotopic (exact) mass is 551 g/mol. The maximum Gasteiger partial charge on any atom is 0.323 e. The Morgan fingerprint density at radius 1 is 0.947 bits per heavy atom. The van der Waals surface area contributed by atoms with Gasteiger partial charge in [-0.1, -0.05) is 65.7 Å². The predicted octanol–water partition coefficient (Wildman–Crippen LogP) is 5.96. The Balaban J connectivity index is 1.61. The van der Waals surface area contributed by atoms with Crippen molar-refractivity contribution in [3.8, 4) is 22.4 Å². The molecule has 4 aromatic rings. The van der Waals surface area contributed by atoms with E-state index in [1.165, 1.54) is 23.1 Å². The summed E-state index contributed by atoms with van der Waals surface area (Å²) in [7, 11) is 0. The Morgan fingerprint density at radius 3 is 2.29 bits per heavy atom. The molecule has 2 heterocycles. The Kier molecular flexibility index (Phi) is 8.40. The quantitative estimate of drug-likeness (QED) is 0.248. The zero-order valence-corrected chi connectivity index (χ0v) is 21.8. The maximum absolute atomic E-state index is 12.9. The number of benzene rings is 2. The van der Waals surface area contributed by atoms with Gasteiger partial charge in [0.1, 0.15) is 5.69 Å². The van der Waals surface area contributed by atoms with Crippen molar-refractivity contribution < 1.29 is 14.7 Å². The van der Waals surface area contributed by atoms with Gasteiger partial charge in [-0.15, -0.1) is 0 Å². The van der Waals surface area contributed by atoms with Gasteiger partial charge in [0.25, 0.3) is 5.56 Å². The lowest BCUT2D eigenvalue weighted by Gasteiger charge is -2.13. The molecule has 194 valence electrons. The third kappa shape index (κ3) is 6.37. The second kappa shape index (κ2) is 11.9. The number of hydrogen-bond donors (Lipinski definition) is 3. The van der Waals surface area contributed by atoms with Crippen LogP contribution in [-0.2, 0) is 17.8 Å². The number of anilines is 2. The summed E-state index contributed by atoms with van der Waals surface area (Å²) in [5, 5.41) is 18.8. The molecule has 0 aliphatic heterocycles. The van der Waals surface area contributed by atoms with Gasteiger partial charge < -0.3 is 15.7 Å². The molecule has 2 aromatic carbocycles. The van der Waals surface area contributed by atoms with Gasteiger partial charge in [0, 0.05) is 30.9 Å². The molecule has 0 aliphatic carbocycles. The summed E-state index contributed by atoms with van der Waals surface area (Å²) in [5.74, 6) is -0.834. The van der Waals surface area contributed by atoms with Crippen LogP contribution in [0.15, 0.2) is 71.8 Å². The van der Waals surface area contributed by atoms with E-state index in [1.807, 2.05) is 48.5 Å². The van der Waals surface area contributed by atoms with E-state index < -0.39 is 17.6 Å². The summed E-state index contributed by atoms with van der Waals surface area (Å²) < 4.78 is 1.27. The molecule has 0 unspecified atom stereocenters. The lowest BCUT2D eigenvalue weighted by molar-refractivity contribution is -0.136. The van der Waals surface area contributed by atoms with Gasteiger partial charge in [0.2, 0.25) is 0 Å². The minimum Gasteiger partial charge on any atom is -0.481 e. The summed E-state index contributed by atoms with van der Waals surface area (Å²) in [4.78, 5) is 40.2. The second-order valence-electron chi connectivity index (χ2n) is 8.29. The number of urea groups is 1. The van der Waals surface area contributed by atoms with E-state index in [0.29, 0.717) is 18.7 Å². The molecule has 2 aromatic heterocycles. The first-order valence-electron chi connectivity index (χ1n) is 11.7. The van der Waals surface area contributed by atoms with E-state index in [0.717, 1.165) is 22.3 Å². The van der Waals surface area contributed by atoms with Crippen molar-refractivity contribution in [1.82, 2.24) is 14.8 Å². The molecule has 3 N–H and O–H groups in total. The van der Waals surface area contributed by atoms with Gasteiger partial charge in [-0.2, -0.15) is 5.10 Å². The van der Waals surface area contributed by atoms with Crippen LogP contribution in [0, 0.1) is 0 Å². The summed E-state index contributed by atoms with van der Waals surface area (Å²) in [5.41, 5.74) is 3.76. The van der Waals surface area contributed by atoms with Crippen molar-refractivity contribution in [1.29, 1.82) is 0 Å². The number of pyridine rings is 1. The molecule has 0 bridgehead atoms. The average Bonchev–Trinajstić information content (AvgIpc) is 2.91. The lowest BCUT2D eigenvalue weighted by Crippen LogP contribution is -2.29. The molecule has 9 nitrogen and oxygen atoms in total. The molecule has 0 spiro atoms. The number of carboxylic acids is 1. The number of nitrogens with zero attached hydrogens (tertiary/aromatic N) is 3. The second-order valence-corrected chi connectivity index (χ2v) is 9.11. The normalized spacial score (nSPS) is 10.7. The fourth-order valence-electron chi connectivity index (χ4n) is 3.76. The minimum absolute atomic E-state index is 0.0313. The van der Waals surface area contributed by atoms with Crippen LogP contribution in [0.4, 0.5) is 16.2 Å². The first-order chi connectivity index (χ1) is 18.2. The van der Waals surface area contributed by atoms with Crippen molar-refractivity contribution in [3.63, 3.8) is 0 Å². The number of halogens is 2. The molecule has 0 aliphatic rings. The fraction of sp³-hybridized carbons (Fsp3) is 0.148. The summed E-state index contributed by atoms with van der Waals surface area (Å²) in [6, 6.07) is 16.1. The number of carbonyl (C=O) groups excluding carboxylic acids is 1. The van der Waals surface area contributed by atoms with E-state index >= 15 is 0 Å². The predicted molar refractivity (Wildman–Crippen MR) is 148 cm³/mol. The SMILES string of the molecule is CCn1nc(-c2cccc(-c3ccc(CCC(=O)O)cc3)c2)cc(NC(=O)Nc2c(Cl)cncc2Cl)c1=O. The van der Waals surface area contributed by atoms with E-state index in [2.05, 4.69) is 20.7 Å². The number of amides is 2. The number of carboxylic acid groups (broad SMARTS) is 1. The molecule has 0 fully saturated rings. The van der Waals surface area contributed by atoms with Gasteiger partial charge in [-0.05, 0) is 42.2 Å². The lowest BCUT2D eigenvalue weighted by atomic mass is 9.99. The molecule has 11 heteroatoms. The fourth-order valence-corrected chi connectivity index (χ4v) is 4.22. The highest BCUT2D eigenvalue weighted by Gasteiger charge is 2.15. The highest BCUT2D eigenvalue weighted by molar-refractivity contribution is 6.39. The maximum atomic E-state index is 12.9. The molecule has 2 amide bonds. The number of aromatic nitrogens is 3. The molecular formula is C27H23Cl2N5O4. The van der Waals surface area contributed by atoms with Crippen LogP contribution in [0.3, 0.4) is 0 Å². The zero-order valence-electron chi connectivity index (χ0n) is 20.2. The molecule has 0 saturated heterocycles. The topological polar surface area (TPSA) is 126 Å². The van der Waals surface area contributed by atoms with E-state index in [-0.39, 0.29) is 27.8 Å². The van der Waals surface area contributed by atoms with Gasteiger partial charge in [-0.3, -0.25) is 14.6 Å². The van der Waals surface area contributed by atoms with E-state index in [4.69, 9.17) is 28.3 Å². The molecule has 0 atom stereocenters.